The van der Waals surface area contributed by atoms with Gasteiger partial charge in [-0.1, -0.05) is 11.6 Å². The molecule has 0 saturated heterocycles. The first-order valence-electron chi connectivity index (χ1n) is 8.92. The van der Waals surface area contributed by atoms with Gasteiger partial charge in [-0.2, -0.15) is 5.10 Å². The van der Waals surface area contributed by atoms with Crippen molar-refractivity contribution in [2.24, 2.45) is 0 Å². The number of ether oxygens (including phenoxy) is 1. The molecule has 0 spiro atoms. The summed E-state index contributed by atoms with van der Waals surface area (Å²) in [4.78, 5) is -0.151. The number of aromatic nitrogens is 4. The van der Waals surface area contributed by atoms with E-state index in [4.69, 9.17) is 16.3 Å². The minimum Gasteiger partial charge on any atom is -0.438 e. The van der Waals surface area contributed by atoms with Crippen LogP contribution < -0.4 is 9.46 Å². The molecule has 2 aromatic carbocycles. The van der Waals surface area contributed by atoms with Crippen molar-refractivity contribution in [2.45, 2.75) is 11.8 Å². The molecular weight excluding hydrogens is 445 g/mol. The normalized spacial score (nSPS) is 11.3. The first kappa shape index (κ1) is 20.8. The Morgan fingerprint density at radius 3 is 2.42 bits per heavy atom. The van der Waals surface area contributed by atoms with Crippen molar-refractivity contribution in [3.8, 4) is 17.4 Å². The number of hydrogen-bond acceptors (Lipinski definition) is 6. The number of benzene rings is 2. The minimum atomic E-state index is -3.93. The largest absolute Gasteiger partial charge is 0.438 e. The van der Waals surface area contributed by atoms with Gasteiger partial charge in [0.05, 0.1) is 15.6 Å². The van der Waals surface area contributed by atoms with Crippen molar-refractivity contribution in [1.29, 1.82) is 0 Å². The van der Waals surface area contributed by atoms with Crippen LogP contribution in [0.4, 0.5) is 10.1 Å². The van der Waals surface area contributed by atoms with Gasteiger partial charge in [-0.15, -0.1) is 10.2 Å². The highest BCUT2D eigenvalue weighted by Crippen LogP contribution is 2.25. The zero-order valence-corrected chi connectivity index (χ0v) is 17.6. The van der Waals surface area contributed by atoms with Crippen LogP contribution in [0.3, 0.4) is 0 Å². The third kappa shape index (κ3) is 4.81. The Hall–Kier alpha value is -3.50. The van der Waals surface area contributed by atoms with Crippen LogP contribution in [0.5, 0.6) is 11.6 Å². The maximum atomic E-state index is 13.3. The first-order valence-corrected chi connectivity index (χ1v) is 10.8. The number of rotatable bonds is 6. The van der Waals surface area contributed by atoms with Gasteiger partial charge in [-0.25, -0.2) is 17.5 Å². The van der Waals surface area contributed by atoms with E-state index in [1.54, 1.807) is 35.1 Å². The molecule has 158 valence electrons. The van der Waals surface area contributed by atoms with E-state index in [2.05, 4.69) is 20.0 Å². The summed E-state index contributed by atoms with van der Waals surface area (Å²) in [5, 5.41) is 12.1. The second-order valence-electron chi connectivity index (χ2n) is 6.44. The highest BCUT2D eigenvalue weighted by molar-refractivity contribution is 7.92. The molecule has 0 amide bonds. The summed E-state index contributed by atoms with van der Waals surface area (Å²) in [5.74, 6) is 0.552. The highest BCUT2D eigenvalue weighted by atomic mass is 35.5. The van der Waals surface area contributed by atoms with Crippen molar-refractivity contribution < 1.29 is 17.5 Å². The van der Waals surface area contributed by atoms with Crippen LogP contribution in [-0.4, -0.2) is 28.4 Å². The fourth-order valence-electron chi connectivity index (χ4n) is 2.60. The Kier molecular flexibility index (Phi) is 5.57. The van der Waals surface area contributed by atoms with Gasteiger partial charge in [0.15, 0.2) is 5.82 Å². The fraction of sp³-hybridized carbons (Fsp3) is 0.0500. The molecule has 0 atom stereocenters. The van der Waals surface area contributed by atoms with Crippen molar-refractivity contribution >= 4 is 27.3 Å². The summed E-state index contributed by atoms with van der Waals surface area (Å²) in [6, 6.07) is 14.6. The summed E-state index contributed by atoms with van der Waals surface area (Å²) >= 11 is 5.67. The summed E-state index contributed by atoms with van der Waals surface area (Å²) < 4.78 is 47.8. The summed E-state index contributed by atoms with van der Waals surface area (Å²) in [5.41, 5.74) is 1.16. The lowest BCUT2D eigenvalue weighted by Crippen LogP contribution is -2.13. The molecule has 0 radical (unpaired) electrons. The zero-order valence-electron chi connectivity index (χ0n) is 16.0. The molecule has 0 aliphatic rings. The number of nitrogens with zero attached hydrogens (tertiary/aromatic N) is 4. The molecule has 0 saturated carbocycles. The number of hydrogen-bond donors (Lipinski definition) is 1. The second-order valence-corrected chi connectivity index (χ2v) is 8.53. The molecule has 11 heteroatoms. The summed E-state index contributed by atoms with van der Waals surface area (Å²) in [7, 11) is -3.93. The van der Waals surface area contributed by atoms with E-state index in [0.717, 1.165) is 23.9 Å². The molecule has 0 bridgehead atoms. The maximum Gasteiger partial charge on any atom is 0.261 e. The monoisotopic (exact) mass is 459 g/mol. The second kappa shape index (κ2) is 8.32. The number of nitrogens with one attached hydrogen (secondary N) is 1. The van der Waals surface area contributed by atoms with Gasteiger partial charge in [0, 0.05) is 18.0 Å². The van der Waals surface area contributed by atoms with Crippen LogP contribution in [0, 0.1) is 12.7 Å². The number of anilines is 1. The fourth-order valence-corrected chi connectivity index (χ4v) is 3.93. The van der Waals surface area contributed by atoms with Crippen LogP contribution in [0.15, 0.2) is 71.8 Å². The maximum absolute atomic E-state index is 13.3. The standard InChI is InChI=1S/C20H15ClFN5O3S/c1-13-10-11-27(25-13)19-8-9-20(24-23-19)30-15-4-2-14(3-5-15)26-31(28,29)16-6-7-18(22)17(21)12-16/h2-12,26H,1H3. The Labute approximate surface area is 182 Å². The SMILES string of the molecule is Cc1ccn(-c2ccc(Oc3ccc(NS(=O)(=O)c4ccc(F)c(Cl)c4)cc3)nn2)n1. The van der Waals surface area contributed by atoms with E-state index in [1.165, 1.54) is 12.1 Å². The summed E-state index contributed by atoms with van der Waals surface area (Å²) in [6.07, 6.45) is 1.78. The molecule has 1 N–H and O–H groups in total. The minimum absolute atomic E-state index is 0.151. The van der Waals surface area contributed by atoms with Crippen molar-refractivity contribution in [1.82, 2.24) is 20.0 Å². The topological polar surface area (TPSA) is 99.0 Å². The molecule has 8 nitrogen and oxygen atoms in total. The molecule has 0 aliphatic heterocycles. The lowest BCUT2D eigenvalue weighted by atomic mass is 10.3. The van der Waals surface area contributed by atoms with Gasteiger partial charge in [0.2, 0.25) is 5.88 Å². The number of aryl methyl sites for hydroxylation is 1. The van der Waals surface area contributed by atoms with E-state index in [1.807, 2.05) is 13.0 Å². The lowest BCUT2D eigenvalue weighted by Gasteiger charge is -2.10. The highest BCUT2D eigenvalue weighted by Gasteiger charge is 2.16. The summed E-state index contributed by atoms with van der Waals surface area (Å²) in [6.45, 7) is 1.87. The zero-order chi connectivity index (χ0) is 22.0. The molecule has 0 aliphatic carbocycles. The molecule has 2 aromatic heterocycles. The van der Waals surface area contributed by atoms with Gasteiger partial charge >= 0.3 is 0 Å². The van der Waals surface area contributed by atoms with Gasteiger partial charge in [-0.3, -0.25) is 4.72 Å². The molecule has 31 heavy (non-hydrogen) atoms. The average molecular weight is 460 g/mol. The van der Waals surface area contributed by atoms with Crippen LogP contribution in [0.1, 0.15) is 5.69 Å². The van der Waals surface area contributed by atoms with E-state index < -0.39 is 15.8 Å². The Bertz CT molecular complexity index is 1330. The van der Waals surface area contributed by atoms with Crippen LogP contribution in [0.25, 0.3) is 5.82 Å². The Balaban J connectivity index is 1.44. The van der Waals surface area contributed by atoms with Gasteiger partial charge in [-0.05, 0) is 61.5 Å². The number of halogens is 2. The third-order valence-corrected chi connectivity index (χ3v) is 5.78. The van der Waals surface area contributed by atoms with Gasteiger partial charge in [0.25, 0.3) is 10.0 Å². The van der Waals surface area contributed by atoms with Crippen LogP contribution >= 0.6 is 11.6 Å². The van der Waals surface area contributed by atoms with Crippen molar-refractivity contribution in [3.63, 3.8) is 0 Å². The van der Waals surface area contributed by atoms with Crippen LogP contribution in [0.2, 0.25) is 5.02 Å². The molecule has 0 fully saturated rings. The van der Waals surface area contributed by atoms with E-state index in [0.29, 0.717) is 17.3 Å². The average Bonchev–Trinajstić information content (AvgIpc) is 3.18. The quantitative estimate of drug-likeness (QED) is 0.460. The molecular formula is C20H15ClFN5O3S. The van der Waals surface area contributed by atoms with Crippen molar-refractivity contribution in [3.05, 3.63) is 83.4 Å². The van der Waals surface area contributed by atoms with E-state index >= 15 is 0 Å². The predicted octanol–water partition coefficient (Wildman–Crippen LogP) is 4.36. The molecule has 0 unspecified atom stereocenters. The number of sulfonamides is 1. The third-order valence-electron chi connectivity index (χ3n) is 4.11. The van der Waals surface area contributed by atoms with Crippen molar-refractivity contribution in [2.75, 3.05) is 4.72 Å². The van der Waals surface area contributed by atoms with Gasteiger partial charge in [0.1, 0.15) is 11.6 Å². The molecule has 4 aromatic rings. The Morgan fingerprint density at radius 2 is 1.81 bits per heavy atom. The van der Waals surface area contributed by atoms with Crippen LogP contribution in [-0.2, 0) is 10.0 Å². The van der Waals surface area contributed by atoms with E-state index in [-0.39, 0.29) is 15.8 Å². The first-order chi connectivity index (χ1) is 14.8. The Morgan fingerprint density at radius 1 is 1.03 bits per heavy atom. The lowest BCUT2D eigenvalue weighted by molar-refractivity contribution is 0.454. The molecule has 4 rings (SSSR count). The predicted molar refractivity (Wildman–Crippen MR) is 113 cm³/mol. The van der Waals surface area contributed by atoms with E-state index in [9.17, 15) is 12.8 Å². The smallest absolute Gasteiger partial charge is 0.261 e. The van der Waals surface area contributed by atoms with Gasteiger partial charge < -0.3 is 4.74 Å². The molecule has 2 heterocycles.